The molecule has 0 radical (unpaired) electrons. The van der Waals surface area contributed by atoms with Crippen molar-refractivity contribution in [3.63, 3.8) is 0 Å². The second kappa shape index (κ2) is 5.69. The van der Waals surface area contributed by atoms with E-state index in [1.807, 2.05) is 13.8 Å². The second-order valence-electron chi connectivity index (χ2n) is 4.20. The summed E-state index contributed by atoms with van der Waals surface area (Å²) in [6.07, 6.45) is 1.83. The van der Waals surface area contributed by atoms with Gasteiger partial charge in [0.15, 0.2) is 0 Å². The maximum atomic E-state index is 11.4. The Labute approximate surface area is 91.5 Å². The number of hydrogen-bond donors (Lipinski definition) is 0. The number of ketones is 1. The third kappa shape index (κ3) is 4.28. The number of hydrogen-bond acceptors (Lipinski definition) is 3. The first-order chi connectivity index (χ1) is 6.85. The van der Waals surface area contributed by atoms with E-state index in [0.717, 1.165) is 0 Å². The van der Waals surface area contributed by atoms with Crippen molar-refractivity contribution in [3.05, 3.63) is 12.7 Å². The predicted molar refractivity (Wildman–Crippen MR) is 59.4 cm³/mol. The van der Waals surface area contributed by atoms with Gasteiger partial charge in [0, 0.05) is 5.92 Å². The molecule has 0 bridgehead atoms. The molecular formula is C12H20O3. The van der Waals surface area contributed by atoms with Crippen molar-refractivity contribution in [2.75, 3.05) is 6.61 Å². The van der Waals surface area contributed by atoms with Crippen molar-refractivity contribution in [2.24, 2.45) is 11.3 Å². The summed E-state index contributed by atoms with van der Waals surface area (Å²) in [5, 5.41) is 0. The van der Waals surface area contributed by atoms with Crippen molar-refractivity contribution < 1.29 is 14.3 Å². The quantitative estimate of drug-likeness (QED) is 0.501. The first kappa shape index (κ1) is 13.9. The van der Waals surface area contributed by atoms with Crippen LogP contribution in [0.5, 0.6) is 0 Å². The Morgan fingerprint density at radius 1 is 1.47 bits per heavy atom. The molecule has 0 aliphatic rings. The molecule has 0 aromatic heterocycles. The molecule has 0 aliphatic carbocycles. The molecule has 0 N–H and O–H groups in total. The molecule has 86 valence electrons. The van der Waals surface area contributed by atoms with Crippen LogP contribution in [0.1, 0.15) is 34.1 Å². The Morgan fingerprint density at radius 3 is 2.33 bits per heavy atom. The van der Waals surface area contributed by atoms with E-state index in [-0.39, 0.29) is 29.5 Å². The molecule has 3 nitrogen and oxygen atoms in total. The summed E-state index contributed by atoms with van der Waals surface area (Å²) in [5.41, 5.74) is -0.376. The first-order valence-electron chi connectivity index (χ1n) is 5.14. The van der Waals surface area contributed by atoms with Gasteiger partial charge in [-0.15, -0.1) is 6.58 Å². The van der Waals surface area contributed by atoms with E-state index in [1.165, 1.54) is 6.92 Å². The van der Waals surface area contributed by atoms with Crippen LogP contribution in [0.15, 0.2) is 12.7 Å². The molecule has 1 unspecified atom stereocenters. The average molecular weight is 212 g/mol. The van der Waals surface area contributed by atoms with E-state index in [2.05, 4.69) is 6.58 Å². The fraction of sp³-hybridized carbons (Fsp3) is 0.667. The topological polar surface area (TPSA) is 43.4 Å². The first-order valence-corrected chi connectivity index (χ1v) is 5.14. The van der Waals surface area contributed by atoms with Gasteiger partial charge in [-0.3, -0.25) is 9.59 Å². The molecule has 0 amide bonds. The van der Waals surface area contributed by atoms with Crippen molar-refractivity contribution in [1.29, 1.82) is 0 Å². The Morgan fingerprint density at radius 2 is 2.00 bits per heavy atom. The van der Waals surface area contributed by atoms with Crippen LogP contribution in [0, 0.1) is 11.3 Å². The van der Waals surface area contributed by atoms with E-state index < -0.39 is 0 Å². The molecule has 0 aromatic rings. The number of carbonyl (C=O) groups is 2. The Balaban J connectivity index is 4.62. The highest BCUT2D eigenvalue weighted by molar-refractivity contribution is 5.84. The maximum Gasteiger partial charge on any atom is 0.306 e. The summed E-state index contributed by atoms with van der Waals surface area (Å²) in [5.74, 6) is -0.686. The lowest BCUT2D eigenvalue weighted by molar-refractivity contribution is -0.147. The Hall–Kier alpha value is -1.12. The van der Waals surface area contributed by atoms with Gasteiger partial charge in [0.25, 0.3) is 0 Å². The van der Waals surface area contributed by atoms with Gasteiger partial charge in [0.1, 0.15) is 5.78 Å². The monoisotopic (exact) mass is 212 g/mol. The molecule has 0 rings (SSSR count). The van der Waals surface area contributed by atoms with Gasteiger partial charge in [-0.05, 0) is 19.3 Å². The van der Waals surface area contributed by atoms with Crippen LogP contribution in [-0.4, -0.2) is 18.4 Å². The van der Waals surface area contributed by atoms with Gasteiger partial charge in [-0.25, -0.2) is 0 Å². The molecule has 0 aliphatic heterocycles. The van der Waals surface area contributed by atoms with Crippen LogP contribution in [0.2, 0.25) is 0 Å². The highest BCUT2D eigenvalue weighted by Crippen LogP contribution is 2.31. The second-order valence-corrected chi connectivity index (χ2v) is 4.20. The van der Waals surface area contributed by atoms with E-state index in [4.69, 9.17) is 4.74 Å². The van der Waals surface area contributed by atoms with Crippen LogP contribution in [-0.2, 0) is 14.3 Å². The van der Waals surface area contributed by atoms with Gasteiger partial charge >= 0.3 is 5.97 Å². The van der Waals surface area contributed by atoms with Crippen LogP contribution in [0.3, 0.4) is 0 Å². The van der Waals surface area contributed by atoms with Gasteiger partial charge in [0.05, 0.1) is 13.0 Å². The lowest BCUT2D eigenvalue weighted by Gasteiger charge is -2.28. The smallest absolute Gasteiger partial charge is 0.306 e. The van der Waals surface area contributed by atoms with Crippen molar-refractivity contribution in [3.8, 4) is 0 Å². The fourth-order valence-corrected chi connectivity index (χ4v) is 1.46. The predicted octanol–water partition coefficient (Wildman–Crippen LogP) is 2.36. The van der Waals surface area contributed by atoms with Crippen LogP contribution < -0.4 is 0 Å². The van der Waals surface area contributed by atoms with E-state index in [0.29, 0.717) is 6.61 Å². The molecule has 15 heavy (non-hydrogen) atoms. The zero-order valence-corrected chi connectivity index (χ0v) is 10.0. The van der Waals surface area contributed by atoms with E-state index >= 15 is 0 Å². The minimum absolute atomic E-state index is 0.00652. The molecule has 0 aromatic carbocycles. The molecule has 0 saturated heterocycles. The van der Waals surface area contributed by atoms with E-state index in [1.54, 1.807) is 13.0 Å². The number of esters is 1. The molecule has 0 saturated carbocycles. The molecule has 1 atom stereocenters. The van der Waals surface area contributed by atoms with Gasteiger partial charge in [-0.1, -0.05) is 19.9 Å². The summed E-state index contributed by atoms with van der Waals surface area (Å²) in [6.45, 7) is 11.1. The Kier molecular flexibility index (Phi) is 5.26. The lowest BCUT2D eigenvalue weighted by Crippen LogP contribution is -2.30. The minimum Gasteiger partial charge on any atom is -0.466 e. The van der Waals surface area contributed by atoms with E-state index in [9.17, 15) is 9.59 Å². The Bertz CT molecular complexity index is 254. The number of carbonyl (C=O) groups excluding carboxylic acids is 2. The summed E-state index contributed by atoms with van der Waals surface area (Å²) in [6, 6.07) is 0. The molecule has 0 heterocycles. The van der Waals surface area contributed by atoms with Gasteiger partial charge in [0.2, 0.25) is 0 Å². The fourth-order valence-electron chi connectivity index (χ4n) is 1.46. The molecular weight excluding hydrogens is 192 g/mol. The zero-order chi connectivity index (χ0) is 12.1. The van der Waals surface area contributed by atoms with Crippen molar-refractivity contribution in [2.45, 2.75) is 34.1 Å². The number of rotatable bonds is 6. The summed E-state index contributed by atoms with van der Waals surface area (Å²) < 4.78 is 4.84. The van der Waals surface area contributed by atoms with Crippen LogP contribution in [0.4, 0.5) is 0 Å². The third-order valence-corrected chi connectivity index (χ3v) is 2.59. The highest BCUT2D eigenvalue weighted by atomic mass is 16.5. The highest BCUT2D eigenvalue weighted by Gasteiger charge is 2.32. The SMILES string of the molecule is C=CC(C)(C)C(CC(=O)OCC)C(C)=O. The van der Waals surface area contributed by atoms with Gasteiger partial charge < -0.3 is 4.74 Å². The number of ether oxygens (including phenoxy) is 1. The average Bonchev–Trinajstić information content (AvgIpc) is 2.14. The standard InChI is InChI=1S/C12H20O3/c1-6-12(4,5)10(9(3)13)8-11(14)15-7-2/h6,10H,1,7-8H2,2-5H3. The number of Topliss-reactive ketones (excluding diaryl/α,β-unsaturated/α-hetero) is 1. The van der Waals surface area contributed by atoms with Gasteiger partial charge in [-0.2, -0.15) is 0 Å². The molecule has 3 heteroatoms. The minimum atomic E-state index is -0.376. The third-order valence-electron chi connectivity index (χ3n) is 2.59. The summed E-state index contributed by atoms with van der Waals surface area (Å²) in [7, 11) is 0. The lowest BCUT2D eigenvalue weighted by atomic mass is 9.75. The van der Waals surface area contributed by atoms with Crippen molar-refractivity contribution >= 4 is 11.8 Å². The van der Waals surface area contributed by atoms with Crippen LogP contribution in [0.25, 0.3) is 0 Å². The largest absolute Gasteiger partial charge is 0.466 e. The van der Waals surface area contributed by atoms with Crippen LogP contribution >= 0.6 is 0 Å². The van der Waals surface area contributed by atoms with Crippen molar-refractivity contribution in [1.82, 2.24) is 0 Å². The normalized spacial score (nSPS) is 13.1. The summed E-state index contributed by atoms with van der Waals surface area (Å²) in [4.78, 5) is 22.7. The molecule has 0 spiro atoms. The maximum absolute atomic E-state index is 11.4. The number of allylic oxidation sites excluding steroid dienone is 1. The zero-order valence-electron chi connectivity index (χ0n) is 10.0. The molecule has 0 fully saturated rings. The summed E-state index contributed by atoms with van der Waals surface area (Å²) >= 11 is 0.